The Morgan fingerprint density at radius 1 is 1.44 bits per heavy atom. The van der Waals surface area contributed by atoms with Crippen LogP contribution in [0.1, 0.15) is 17.3 Å². The van der Waals surface area contributed by atoms with Crippen molar-refractivity contribution in [3.05, 3.63) is 29.8 Å². The SMILES string of the molecule is CC1C(=O)NC(=O)CN1C(=O)c1cccc(S)c1. The number of imide groups is 1. The van der Waals surface area contributed by atoms with Crippen LogP contribution in [-0.2, 0) is 9.59 Å². The monoisotopic (exact) mass is 264 g/mol. The topological polar surface area (TPSA) is 66.5 Å². The minimum atomic E-state index is -0.654. The number of nitrogens with one attached hydrogen (secondary N) is 1. The summed E-state index contributed by atoms with van der Waals surface area (Å²) < 4.78 is 0. The van der Waals surface area contributed by atoms with Crippen molar-refractivity contribution in [2.75, 3.05) is 6.54 Å². The van der Waals surface area contributed by atoms with Crippen molar-refractivity contribution >= 4 is 30.4 Å². The van der Waals surface area contributed by atoms with E-state index in [-0.39, 0.29) is 12.5 Å². The summed E-state index contributed by atoms with van der Waals surface area (Å²) in [6.07, 6.45) is 0. The summed E-state index contributed by atoms with van der Waals surface area (Å²) in [5.74, 6) is -1.27. The largest absolute Gasteiger partial charge is 0.318 e. The maximum atomic E-state index is 12.2. The highest BCUT2D eigenvalue weighted by Gasteiger charge is 2.33. The van der Waals surface area contributed by atoms with Crippen molar-refractivity contribution in [2.24, 2.45) is 0 Å². The number of carbonyl (C=O) groups excluding carboxylic acids is 3. The van der Waals surface area contributed by atoms with Gasteiger partial charge < -0.3 is 4.90 Å². The van der Waals surface area contributed by atoms with Crippen molar-refractivity contribution in [3.8, 4) is 0 Å². The normalized spacial score (nSPS) is 19.7. The van der Waals surface area contributed by atoms with Gasteiger partial charge in [0.05, 0.1) is 0 Å². The molecule has 0 radical (unpaired) electrons. The van der Waals surface area contributed by atoms with Crippen LogP contribution >= 0.6 is 12.6 Å². The molecule has 1 aromatic rings. The minimum absolute atomic E-state index is 0.109. The lowest BCUT2D eigenvalue weighted by Gasteiger charge is -2.31. The lowest BCUT2D eigenvalue weighted by atomic mass is 10.1. The van der Waals surface area contributed by atoms with E-state index >= 15 is 0 Å². The summed E-state index contributed by atoms with van der Waals surface area (Å²) in [6, 6.07) is 6.03. The first-order valence-electron chi connectivity index (χ1n) is 5.42. The maximum absolute atomic E-state index is 12.2. The van der Waals surface area contributed by atoms with Gasteiger partial charge in [0.1, 0.15) is 12.6 Å². The van der Waals surface area contributed by atoms with Crippen molar-refractivity contribution in [1.29, 1.82) is 0 Å². The number of hydrogen-bond acceptors (Lipinski definition) is 4. The molecule has 1 unspecified atom stereocenters. The Hall–Kier alpha value is -1.82. The zero-order valence-electron chi connectivity index (χ0n) is 9.71. The Bertz CT molecular complexity index is 530. The van der Waals surface area contributed by atoms with Gasteiger partial charge in [0, 0.05) is 10.5 Å². The molecule has 3 amide bonds. The lowest BCUT2D eigenvalue weighted by Crippen LogP contribution is -2.58. The molecule has 0 bridgehead atoms. The summed E-state index contributed by atoms with van der Waals surface area (Å²) in [6.45, 7) is 1.48. The Balaban J connectivity index is 2.27. The molecule has 0 aromatic heterocycles. The highest BCUT2D eigenvalue weighted by Crippen LogP contribution is 2.14. The van der Waals surface area contributed by atoms with Crippen LogP contribution in [0.3, 0.4) is 0 Å². The number of hydrogen-bond donors (Lipinski definition) is 2. The molecule has 5 nitrogen and oxygen atoms in total. The van der Waals surface area contributed by atoms with E-state index in [1.54, 1.807) is 31.2 Å². The highest BCUT2D eigenvalue weighted by molar-refractivity contribution is 7.80. The summed E-state index contributed by atoms with van der Waals surface area (Å²) in [7, 11) is 0. The molecule has 0 spiro atoms. The molecule has 0 saturated carbocycles. The number of amides is 3. The van der Waals surface area contributed by atoms with E-state index in [1.807, 2.05) is 0 Å². The molecule has 1 aromatic carbocycles. The summed E-state index contributed by atoms with van der Waals surface area (Å²) in [5, 5.41) is 2.19. The number of benzene rings is 1. The summed E-state index contributed by atoms with van der Waals surface area (Å²) in [5.41, 5.74) is 0.414. The fraction of sp³-hybridized carbons (Fsp3) is 0.250. The van der Waals surface area contributed by atoms with Gasteiger partial charge >= 0.3 is 0 Å². The second-order valence-electron chi connectivity index (χ2n) is 4.07. The smallest absolute Gasteiger partial charge is 0.255 e. The van der Waals surface area contributed by atoms with Gasteiger partial charge in [-0.3, -0.25) is 19.7 Å². The van der Waals surface area contributed by atoms with Crippen molar-refractivity contribution in [1.82, 2.24) is 10.2 Å². The Kier molecular flexibility index (Phi) is 3.38. The summed E-state index contributed by atoms with van der Waals surface area (Å²) >= 11 is 4.15. The van der Waals surface area contributed by atoms with Crippen molar-refractivity contribution < 1.29 is 14.4 Å². The number of rotatable bonds is 1. The predicted octanol–water partition coefficient (Wildman–Crippen LogP) is 0.462. The van der Waals surface area contributed by atoms with E-state index in [9.17, 15) is 14.4 Å². The van der Waals surface area contributed by atoms with Gasteiger partial charge in [-0.25, -0.2) is 0 Å². The van der Waals surface area contributed by atoms with Gasteiger partial charge in [0.2, 0.25) is 11.8 Å². The van der Waals surface area contributed by atoms with Gasteiger partial charge in [0.25, 0.3) is 5.91 Å². The zero-order chi connectivity index (χ0) is 13.3. The molecule has 6 heteroatoms. The number of carbonyl (C=O) groups is 3. The minimum Gasteiger partial charge on any atom is -0.318 e. The van der Waals surface area contributed by atoms with E-state index in [0.717, 1.165) is 0 Å². The molecule has 1 saturated heterocycles. The third-order valence-corrected chi connectivity index (χ3v) is 3.06. The van der Waals surface area contributed by atoms with Crippen LogP contribution in [0, 0.1) is 0 Å². The van der Waals surface area contributed by atoms with Crippen LogP contribution in [0.15, 0.2) is 29.2 Å². The van der Waals surface area contributed by atoms with Gasteiger partial charge in [-0.1, -0.05) is 6.07 Å². The first-order chi connectivity index (χ1) is 8.49. The van der Waals surface area contributed by atoms with E-state index in [2.05, 4.69) is 17.9 Å². The quantitative estimate of drug-likeness (QED) is 0.572. The van der Waals surface area contributed by atoms with Gasteiger partial charge in [-0.15, -0.1) is 12.6 Å². The molecule has 1 N–H and O–H groups in total. The van der Waals surface area contributed by atoms with Crippen molar-refractivity contribution in [2.45, 2.75) is 17.9 Å². The molecule has 1 atom stereocenters. The van der Waals surface area contributed by atoms with Crippen LogP contribution in [-0.4, -0.2) is 35.2 Å². The molecular formula is C12H12N2O3S. The number of piperazine rings is 1. The molecule has 1 aliphatic heterocycles. The van der Waals surface area contributed by atoms with Crippen LogP contribution in [0.4, 0.5) is 0 Å². The first-order valence-corrected chi connectivity index (χ1v) is 5.87. The van der Waals surface area contributed by atoms with Gasteiger partial charge in [-0.05, 0) is 25.1 Å². The Morgan fingerprint density at radius 3 is 2.83 bits per heavy atom. The lowest BCUT2D eigenvalue weighted by molar-refractivity contribution is -0.138. The second-order valence-corrected chi connectivity index (χ2v) is 4.59. The van der Waals surface area contributed by atoms with Crippen LogP contribution < -0.4 is 5.32 Å². The summed E-state index contributed by atoms with van der Waals surface area (Å²) in [4.78, 5) is 36.9. The average Bonchev–Trinajstić information content (AvgIpc) is 2.33. The molecule has 0 aliphatic carbocycles. The molecule has 1 aliphatic rings. The first kappa shape index (κ1) is 12.6. The Labute approximate surface area is 110 Å². The zero-order valence-corrected chi connectivity index (χ0v) is 10.6. The maximum Gasteiger partial charge on any atom is 0.255 e. The molecule has 18 heavy (non-hydrogen) atoms. The molecule has 1 fully saturated rings. The van der Waals surface area contributed by atoms with Gasteiger partial charge in [0.15, 0.2) is 0 Å². The van der Waals surface area contributed by atoms with Gasteiger partial charge in [-0.2, -0.15) is 0 Å². The average molecular weight is 264 g/mol. The molecule has 1 heterocycles. The van der Waals surface area contributed by atoms with E-state index < -0.39 is 17.9 Å². The molecule has 94 valence electrons. The van der Waals surface area contributed by atoms with Crippen molar-refractivity contribution in [3.63, 3.8) is 0 Å². The third kappa shape index (κ3) is 2.38. The second kappa shape index (κ2) is 4.81. The number of nitrogens with zero attached hydrogens (tertiary/aromatic N) is 1. The number of thiol groups is 1. The standard InChI is InChI=1S/C12H12N2O3S/c1-7-11(16)13-10(15)6-14(7)12(17)8-3-2-4-9(18)5-8/h2-5,7,18H,6H2,1H3,(H,13,15,16). The van der Waals surface area contributed by atoms with Crippen LogP contribution in [0.25, 0.3) is 0 Å². The fourth-order valence-corrected chi connectivity index (χ4v) is 1.99. The Morgan fingerprint density at radius 2 is 2.17 bits per heavy atom. The van der Waals surface area contributed by atoms with E-state index in [1.165, 1.54) is 4.90 Å². The van der Waals surface area contributed by atoms with E-state index in [4.69, 9.17) is 0 Å². The van der Waals surface area contributed by atoms with Crippen LogP contribution in [0.5, 0.6) is 0 Å². The van der Waals surface area contributed by atoms with E-state index in [0.29, 0.717) is 10.5 Å². The highest BCUT2D eigenvalue weighted by atomic mass is 32.1. The molecule has 2 rings (SSSR count). The van der Waals surface area contributed by atoms with Crippen LogP contribution in [0.2, 0.25) is 0 Å². The third-order valence-electron chi connectivity index (χ3n) is 2.78. The fourth-order valence-electron chi connectivity index (χ4n) is 1.77. The molecular weight excluding hydrogens is 252 g/mol. The predicted molar refractivity (Wildman–Crippen MR) is 67.3 cm³/mol.